The highest BCUT2D eigenvalue weighted by Gasteiger charge is 2.29. The minimum absolute atomic E-state index is 0.0237. The van der Waals surface area contributed by atoms with Gasteiger partial charge in [0.15, 0.2) is 0 Å². The molecule has 1 N–H and O–H groups in total. The van der Waals surface area contributed by atoms with Crippen molar-refractivity contribution in [3.63, 3.8) is 0 Å². The number of aryl methyl sites for hydroxylation is 1. The van der Waals surface area contributed by atoms with Crippen molar-refractivity contribution in [1.82, 2.24) is 10.2 Å². The van der Waals surface area contributed by atoms with Crippen LogP contribution in [-0.4, -0.2) is 28.8 Å². The van der Waals surface area contributed by atoms with E-state index in [4.69, 9.17) is 0 Å². The molecule has 0 saturated carbocycles. The summed E-state index contributed by atoms with van der Waals surface area (Å²) < 4.78 is 14.0. The van der Waals surface area contributed by atoms with Crippen LogP contribution in [0.4, 0.5) is 4.39 Å². The van der Waals surface area contributed by atoms with Gasteiger partial charge in [0.1, 0.15) is 11.9 Å². The zero-order chi connectivity index (χ0) is 20.7. The summed E-state index contributed by atoms with van der Waals surface area (Å²) in [5.74, 6) is -0.867. The van der Waals surface area contributed by atoms with Crippen LogP contribution in [0, 0.1) is 12.7 Å². The Kier molecular flexibility index (Phi) is 7.73. The fourth-order valence-electron chi connectivity index (χ4n) is 3.10. The van der Waals surface area contributed by atoms with Gasteiger partial charge in [-0.2, -0.15) is 0 Å². The number of hydrogen-bond acceptors (Lipinski definition) is 2. The molecule has 2 aromatic rings. The highest BCUT2D eigenvalue weighted by molar-refractivity contribution is 5.88. The van der Waals surface area contributed by atoms with E-state index in [2.05, 4.69) is 5.32 Å². The topological polar surface area (TPSA) is 49.4 Å². The van der Waals surface area contributed by atoms with Gasteiger partial charge in [-0.3, -0.25) is 9.59 Å². The van der Waals surface area contributed by atoms with Gasteiger partial charge in [0.2, 0.25) is 11.8 Å². The molecule has 2 aromatic carbocycles. The van der Waals surface area contributed by atoms with E-state index in [1.807, 2.05) is 52.0 Å². The molecule has 5 heteroatoms. The molecule has 0 bridgehead atoms. The van der Waals surface area contributed by atoms with E-state index in [9.17, 15) is 14.0 Å². The SMILES string of the molecule is CC[C@@H](C(=O)NC(C)C)N(Cc1ccc(C)cc1)C(=O)Cc1ccccc1F. The van der Waals surface area contributed by atoms with Gasteiger partial charge in [0.05, 0.1) is 6.42 Å². The van der Waals surface area contributed by atoms with E-state index >= 15 is 0 Å². The Morgan fingerprint density at radius 3 is 2.29 bits per heavy atom. The monoisotopic (exact) mass is 384 g/mol. The van der Waals surface area contributed by atoms with Crippen molar-refractivity contribution in [3.8, 4) is 0 Å². The molecular weight excluding hydrogens is 355 g/mol. The average Bonchev–Trinajstić information content (AvgIpc) is 2.64. The number of rotatable bonds is 8. The summed E-state index contributed by atoms with van der Waals surface area (Å²) in [4.78, 5) is 27.4. The molecule has 0 fully saturated rings. The van der Waals surface area contributed by atoms with E-state index < -0.39 is 11.9 Å². The van der Waals surface area contributed by atoms with Crippen molar-refractivity contribution in [2.45, 2.75) is 59.2 Å². The fourth-order valence-corrected chi connectivity index (χ4v) is 3.10. The Balaban J connectivity index is 2.30. The second-order valence-corrected chi connectivity index (χ2v) is 7.36. The third-order valence-corrected chi connectivity index (χ3v) is 4.59. The molecule has 2 amide bonds. The summed E-state index contributed by atoms with van der Waals surface area (Å²) in [6.45, 7) is 7.95. The van der Waals surface area contributed by atoms with Crippen LogP contribution in [0.1, 0.15) is 43.9 Å². The van der Waals surface area contributed by atoms with E-state index in [0.29, 0.717) is 18.5 Å². The molecular formula is C23H29FN2O2. The van der Waals surface area contributed by atoms with Gasteiger partial charge < -0.3 is 10.2 Å². The first kappa shape index (κ1) is 21.6. The number of hydrogen-bond donors (Lipinski definition) is 1. The lowest BCUT2D eigenvalue weighted by Gasteiger charge is -2.31. The lowest BCUT2D eigenvalue weighted by atomic mass is 10.1. The number of carbonyl (C=O) groups excluding carboxylic acids is 2. The predicted octanol–water partition coefficient (Wildman–Crippen LogP) is 4.01. The Morgan fingerprint density at radius 2 is 1.71 bits per heavy atom. The van der Waals surface area contributed by atoms with Crippen LogP contribution >= 0.6 is 0 Å². The average molecular weight is 384 g/mol. The molecule has 0 aromatic heterocycles. The van der Waals surface area contributed by atoms with Crippen molar-refractivity contribution in [2.24, 2.45) is 0 Å². The maximum Gasteiger partial charge on any atom is 0.243 e. The van der Waals surface area contributed by atoms with Crippen molar-refractivity contribution >= 4 is 11.8 Å². The van der Waals surface area contributed by atoms with Crippen molar-refractivity contribution < 1.29 is 14.0 Å². The van der Waals surface area contributed by atoms with E-state index in [-0.39, 0.29) is 24.3 Å². The molecule has 0 radical (unpaired) electrons. The van der Waals surface area contributed by atoms with Crippen LogP contribution in [0.25, 0.3) is 0 Å². The third kappa shape index (κ3) is 5.91. The molecule has 1 atom stereocenters. The highest BCUT2D eigenvalue weighted by atomic mass is 19.1. The first-order valence-corrected chi connectivity index (χ1v) is 9.70. The summed E-state index contributed by atoms with van der Waals surface area (Å²) in [5, 5.41) is 2.89. The summed E-state index contributed by atoms with van der Waals surface area (Å²) in [6.07, 6.45) is 0.400. The number of halogens is 1. The lowest BCUT2D eigenvalue weighted by Crippen LogP contribution is -2.50. The van der Waals surface area contributed by atoms with Gasteiger partial charge in [-0.25, -0.2) is 4.39 Å². The molecule has 0 spiro atoms. The molecule has 0 unspecified atom stereocenters. The molecule has 2 rings (SSSR count). The van der Waals surface area contributed by atoms with Gasteiger partial charge in [-0.05, 0) is 44.4 Å². The normalized spacial score (nSPS) is 11.9. The Morgan fingerprint density at radius 1 is 1.07 bits per heavy atom. The number of carbonyl (C=O) groups is 2. The zero-order valence-corrected chi connectivity index (χ0v) is 17.0. The first-order valence-electron chi connectivity index (χ1n) is 9.70. The summed E-state index contributed by atoms with van der Waals surface area (Å²) in [6, 6.07) is 13.5. The minimum Gasteiger partial charge on any atom is -0.352 e. The third-order valence-electron chi connectivity index (χ3n) is 4.59. The zero-order valence-electron chi connectivity index (χ0n) is 17.0. The molecule has 0 aliphatic carbocycles. The van der Waals surface area contributed by atoms with Crippen LogP contribution in [0.2, 0.25) is 0 Å². The van der Waals surface area contributed by atoms with Crippen LogP contribution in [0.3, 0.4) is 0 Å². The first-order chi connectivity index (χ1) is 13.3. The summed E-state index contributed by atoms with van der Waals surface area (Å²) in [7, 11) is 0. The van der Waals surface area contributed by atoms with E-state index in [0.717, 1.165) is 11.1 Å². The second-order valence-electron chi connectivity index (χ2n) is 7.36. The fraction of sp³-hybridized carbons (Fsp3) is 0.391. The maximum atomic E-state index is 14.0. The highest BCUT2D eigenvalue weighted by Crippen LogP contribution is 2.16. The van der Waals surface area contributed by atoms with Crippen LogP contribution in [0.5, 0.6) is 0 Å². The van der Waals surface area contributed by atoms with Gasteiger partial charge in [0.25, 0.3) is 0 Å². The Hall–Kier alpha value is -2.69. The minimum atomic E-state index is -0.608. The predicted molar refractivity (Wildman–Crippen MR) is 109 cm³/mol. The Bertz CT molecular complexity index is 803. The quantitative estimate of drug-likeness (QED) is 0.748. The second kappa shape index (κ2) is 10.0. The molecule has 28 heavy (non-hydrogen) atoms. The van der Waals surface area contributed by atoms with Crippen molar-refractivity contribution in [2.75, 3.05) is 0 Å². The van der Waals surface area contributed by atoms with Crippen molar-refractivity contribution in [1.29, 1.82) is 0 Å². The van der Waals surface area contributed by atoms with Crippen LogP contribution < -0.4 is 5.32 Å². The lowest BCUT2D eigenvalue weighted by molar-refractivity contribution is -0.141. The van der Waals surface area contributed by atoms with Gasteiger partial charge in [0, 0.05) is 12.6 Å². The molecule has 150 valence electrons. The molecule has 0 aliphatic rings. The van der Waals surface area contributed by atoms with E-state index in [1.54, 1.807) is 23.1 Å². The number of amides is 2. The number of nitrogens with zero attached hydrogens (tertiary/aromatic N) is 1. The van der Waals surface area contributed by atoms with Crippen molar-refractivity contribution in [3.05, 3.63) is 71.0 Å². The van der Waals surface area contributed by atoms with Gasteiger partial charge in [-0.1, -0.05) is 55.0 Å². The van der Waals surface area contributed by atoms with Gasteiger partial charge >= 0.3 is 0 Å². The Labute approximate surface area is 166 Å². The van der Waals surface area contributed by atoms with Crippen LogP contribution in [-0.2, 0) is 22.6 Å². The maximum absolute atomic E-state index is 14.0. The van der Waals surface area contributed by atoms with E-state index in [1.165, 1.54) is 6.07 Å². The smallest absolute Gasteiger partial charge is 0.243 e. The number of nitrogens with one attached hydrogen (secondary N) is 1. The molecule has 0 aliphatic heterocycles. The molecule has 0 saturated heterocycles. The summed E-state index contributed by atoms with van der Waals surface area (Å²) in [5.41, 5.74) is 2.39. The summed E-state index contributed by atoms with van der Waals surface area (Å²) >= 11 is 0. The number of benzene rings is 2. The molecule has 4 nitrogen and oxygen atoms in total. The van der Waals surface area contributed by atoms with Crippen LogP contribution in [0.15, 0.2) is 48.5 Å². The van der Waals surface area contributed by atoms with Gasteiger partial charge in [-0.15, -0.1) is 0 Å². The standard InChI is InChI=1S/C23H29FN2O2/c1-5-21(23(28)25-16(2)3)26(15-18-12-10-17(4)11-13-18)22(27)14-19-8-6-7-9-20(19)24/h6-13,16,21H,5,14-15H2,1-4H3,(H,25,28)/t21-/m0/s1. The molecule has 0 heterocycles. The largest absolute Gasteiger partial charge is 0.352 e.